The van der Waals surface area contributed by atoms with Crippen LogP contribution >= 0.6 is 0 Å². The third kappa shape index (κ3) is 3.77. The van der Waals surface area contributed by atoms with Crippen molar-refractivity contribution in [3.8, 4) is 0 Å². The molecule has 0 radical (unpaired) electrons. The van der Waals surface area contributed by atoms with E-state index in [-0.39, 0.29) is 11.6 Å². The van der Waals surface area contributed by atoms with Crippen molar-refractivity contribution in [1.29, 1.82) is 0 Å². The van der Waals surface area contributed by atoms with Crippen LogP contribution in [0.1, 0.15) is 12.8 Å². The third-order valence-electron chi connectivity index (χ3n) is 7.26. The van der Waals surface area contributed by atoms with E-state index in [1.54, 1.807) is 0 Å². The Kier molecular flexibility index (Phi) is 5.24. The second-order valence-corrected chi connectivity index (χ2v) is 9.26. The van der Waals surface area contributed by atoms with E-state index in [2.05, 4.69) is 27.1 Å². The largest absolute Gasteiger partial charge is 0.378 e. The van der Waals surface area contributed by atoms with Gasteiger partial charge in [0.05, 0.1) is 24.8 Å². The van der Waals surface area contributed by atoms with Gasteiger partial charge < -0.3 is 19.9 Å². The zero-order valence-corrected chi connectivity index (χ0v) is 17.4. The van der Waals surface area contributed by atoms with Gasteiger partial charge in [0, 0.05) is 44.5 Å². The summed E-state index contributed by atoms with van der Waals surface area (Å²) in [6.07, 6.45) is 2.52. The summed E-state index contributed by atoms with van der Waals surface area (Å²) < 4.78 is 5.78. The molecule has 2 amide bonds. The first-order valence-corrected chi connectivity index (χ1v) is 11.0. The predicted octanol–water partition coefficient (Wildman–Crippen LogP) is 1.38. The average molecular weight is 400 g/mol. The maximum atomic E-state index is 13.0. The Morgan fingerprint density at radius 3 is 2.59 bits per heavy atom. The molecule has 0 bridgehead atoms. The van der Waals surface area contributed by atoms with Crippen LogP contribution in [0.25, 0.3) is 0 Å². The van der Waals surface area contributed by atoms with Crippen LogP contribution in [-0.2, 0) is 4.74 Å². The quantitative estimate of drug-likeness (QED) is 0.814. The number of hydrogen-bond donors (Lipinski definition) is 1. The maximum Gasteiger partial charge on any atom is 0.321 e. The predicted molar refractivity (Wildman–Crippen MR) is 113 cm³/mol. The standard InChI is InChI=1S/C22H33N5O2/c1-24-9-7-19(8-10-24)26-16-22(17-26)15-25(13-20-14-29-12-11-27(20)22)21(28)23-18-5-3-2-4-6-18/h2-6,19-20H,7-17H2,1H3,(H,23,28). The van der Waals surface area contributed by atoms with Gasteiger partial charge >= 0.3 is 6.03 Å². The summed E-state index contributed by atoms with van der Waals surface area (Å²) in [6, 6.07) is 10.8. The Morgan fingerprint density at radius 1 is 1.07 bits per heavy atom. The zero-order valence-electron chi connectivity index (χ0n) is 17.4. The third-order valence-corrected chi connectivity index (χ3v) is 7.26. The van der Waals surface area contributed by atoms with Crippen LogP contribution in [0.4, 0.5) is 10.5 Å². The van der Waals surface area contributed by atoms with Crippen molar-refractivity contribution in [2.24, 2.45) is 0 Å². The summed E-state index contributed by atoms with van der Waals surface area (Å²) in [5.41, 5.74) is 0.944. The second-order valence-electron chi connectivity index (χ2n) is 9.26. The number of rotatable bonds is 2. The summed E-state index contributed by atoms with van der Waals surface area (Å²) in [5, 5.41) is 3.08. The lowest BCUT2D eigenvalue weighted by molar-refractivity contribution is -0.167. The Balaban J connectivity index is 1.28. The number of benzene rings is 1. The highest BCUT2D eigenvalue weighted by molar-refractivity contribution is 5.89. The molecule has 4 aliphatic heterocycles. The number of urea groups is 1. The van der Waals surface area contributed by atoms with Gasteiger partial charge in [-0.2, -0.15) is 0 Å². The smallest absolute Gasteiger partial charge is 0.321 e. The van der Waals surface area contributed by atoms with Crippen LogP contribution in [0.15, 0.2) is 30.3 Å². The Morgan fingerprint density at radius 2 is 1.83 bits per heavy atom. The molecule has 1 spiro atoms. The fraction of sp³-hybridized carbons (Fsp3) is 0.682. The number of ether oxygens (including phenoxy) is 1. The van der Waals surface area contributed by atoms with Gasteiger partial charge in [0.15, 0.2) is 0 Å². The number of morpholine rings is 1. The summed E-state index contributed by atoms with van der Waals surface area (Å²) in [4.78, 5) is 22.8. The minimum Gasteiger partial charge on any atom is -0.378 e. The van der Waals surface area contributed by atoms with Gasteiger partial charge in [-0.3, -0.25) is 9.80 Å². The van der Waals surface area contributed by atoms with E-state index in [0.717, 1.165) is 51.6 Å². The van der Waals surface area contributed by atoms with Gasteiger partial charge in [-0.1, -0.05) is 18.2 Å². The van der Waals surface area contributed by atoms with E-state index in [9.17, 15) is 4.79 Å². The van der Waals surface area contributed by atoms with Crippen molar-refractivity contribution in [1.82, 2.24) is 19.6 Å². The molecule has 7 nitrogen and oxygen atoms in total. The fourth-order valence-electron chi connectivity index (χ4n) is 5.68. The minimum absolute atomic E-state index is 0.0125. The van der Waals surface area contributed by atoms with Gasteiger partial charge in [-0.05, 0) is 45.1 Å². The number of fused-ring (bicyclic) bond motifs is 2. The number of hydrogen-bond acceptors (Lipinski definition) is 5. The molecule has 5 rings (SSSR count). The topological polar surface area (TPSA) is 51.3 Å². The Hall–Kier alpha value is -1.67. The van der Waals surface area contributed by atoms with Gasteiger partial charge in [0.2, 0.25) is 0 Å². The van der Waals surface area contributed by atoms with Crippen molar-refractivity contribution in [2.45, 2.75) is 30.5 Å². The first-order valence-electron chi connectivity index (χ1n) is 11.0. The summed E-state index contributed by atoms with van der Waals surface area (Å²) in [6.45, 7) is 8.62. The molecule has 1 N–H and O–H groups in total. The normalized spacial score (nSPS) is 28.7. The molecule has 4 heterocycles. The van der Waals surface area contributed by atoms with Crippen LogP contribution in [0.2, 0.25) is 0 Å². The van der Waals surface area contributed by atoms with Crippen molar-refractivity contribution >= 4 is 11.7 Å². The minimum atomic E-state index is 0.0125. The van der Waals surface area contributed by atoms with E-state index in [4.69, 9.17) is 4.74 Å². The first kappa shape index (κ1) is 19.3. The van der Waals surface area contributed by atoms with Crippen molar-refractivity contribution in [3.63, 3.8) is 0 Å². The number of nitrogens with one attached hydrogen (secondary N) is 1. The highest BCUT2D eigenvalue weighted by atomic mass is 16.5. The monoisotopic (exact) mass is 399 g/mol. The number of amides is 2. The molecule has 29 heavy (non-hydrogen) atoms. The molecule has 158 valence electrons. The van der Waals surface area contributed by atoms with Crippen molar-refractivity contribution in [3.05, 3.63) is 30.3 Å². The van der Waals surface area contributed by atoms with Crippen LogP contribution in [0.5, 0.6) is 0 Å². The summed E-state index contributed by atoms with van der Waals surface area (Å²) >= 11 is 0. The molecule has 7 heteroatoms. The Bertz CT molecular complexity index is 715. The molecule has 0 aromatic heterocycles. The fourth-order valence-corrected chi connectivity index (χ4v) is 5.68. The van der Waals surface area contributed by atoms with Crippen LogP contribution < -0.4 is 5.32 Å². The summed E-state index contributed by atoms with van der Waals surface area (Å²) in [7, 11) is 2.22. The number of piperidine rings is 1. The molecule has 1 aromatic carbocycles. The van der Waals surface area contributed by atoms with E-state index in [0.29, 0.717) is 12.1 Å². The molecule has 4 fully saturated rings. The number of anilines is 1. The molecule has 1 atom stereocenters. The molecule has 0 saturated carbocycles. The molecule has 1 aromatic rings. The van der Waals surface area contributed by atoms with Gasteiger partial charge in [0.25, 0.3) is 0 Å². The lowest BCUT2D eigenvalue weighted by Crippen LogP contribution is -2.82. The molecule has 0 aliphatic carbocycles. The Labute approximate surface area is 173 Å². The first-order chi connectivity index (χ1) is 14.1. The van der Waals surface area contributed by atoms with Crippen LogP contribution in [0.3, 0.4) is 0 Å². The van der Waals surface area contributed by atoms with Crippen molar-refractivity contribution in [2.75, 3.05) is 71.4 Å². The van der Waals surface area contributed by atoms with Crippen LogP contribution in [0, 0.1) is 0 Å². The number of carbonyl (C=O) groups is 1. The summed E-state index contributed by atoms with van der Waals surface area (Å²) in [5.74, 6) is 0. The number of nitrogens with zero attached hydrogens (tertiary/aromatic N) is 4. The number of likely N-dealkylation sites (tertiary alicyclic amines) is 2. The van der Waals surface area contributed by atoms with E-state index in [1.807, 2.05) is 35.2 Å². The number of piperazine rings is 1. The van der Waals surface area contributed by atoms with Gasteiger partial charge in [0.1, 0.15) is 0 Å². The number of carbonyl (C=O) groups excluding carboxylic acids is 1. The molecular formula is C22H33N5O2. The lowest BCUT2D eigenvalue weighted by Gasteiger charge is -2.64. The lowest BCUT2D eigenvalue weighted by atomic mass is 9.80. The highest BCUT2D eigenvalue weighted by Gasteiger charge is 2.56. The van der Waals surface area contributed by atoms with Gasteiger partial charge in [-0.25, -0.2) is 4.79 Å². The molecule has 4 aliphatic rings. The average Bonchev–Trinajstić information content (AvgIpc) is 2.72. The molecule has 4 saturated heterocycles. The van der Waals surface area contributed by atoms with E-state index < -0.39 is 0 Å². The SMILES string of the molecule is CN1CCC(N2CC3(CN(C(=O)Nc4ccccc4)CC4COCCN43)C2)CC1. The van der Waals surface area contributed by atoms with Gasteiger partial charge in [-0.15, -0.1) is 0 Å². The van der Waals surface area contributed by atoms with E-state index in [1.165, 1.54) is 25.9 Å². The molecule has 1 unspecified atom stereocenters. The second kappa shape index (κ2) is 7.87. The van der Waals surface area contributed by atoms with E-state index >= 15 is 0 Å². The number of para-hydroxylation sites is 1. The highest BCUT2D eigenvalue weighted by Crippen LogP contribution is 2.38. The van der Waals surface area contributed by atoms with Crippen molar-refractivity contribution < 1.29 is 9.53 Å². The zero-order chi connectivity index (χ0) is 19.8. The van der Waals surface area contributed by atoms with Crippen LogP contribution in [-0.4, -0.2) is 109 Å². The molecular weight excluding hydrogens is 366 g/mol. The maximum absolute atomic E-state index is 13.0.